The molecule has 1 heterocycles. The van der Waals surface area contributed by atoms with Crippen molar-refractivity contribution in [3.05, 3.63) is 54.1 Å². The van der Waals surface area contributed by atoms with Crippen LogP contribution in [0.5, 0.6) is 0 Å². The van der Waals surface area contributed by atoms with E-state index in [0.29, 0.717) is 12.1 Å². The maximum atomic E-state index is 12.6. The number of carbonyl (C=O) groups is 3. The summed E-state index contributed by atoms with van der Waals surface area (Å²) >= 11 is 3.93. The molecule has 0 bridgehead atoms. The second kappa shape index (κ2) is 10.5. The Morgan fingerprint density at radius 2 is 1.79 bits per heavy atom. The van der Waals surface area contributed by atoms with Gasteiger partial charge in [0.05, 0.1) is 12.4 Å². The van der Waals surface area contributed by atoms with Crippen LogP contribution in [0.1, 0.15) is 11.3 Å². The first-order valence-electron chi connectivity index (χ1n) is 8.62. The van der Waals surface area contributed by atoms with Crippen LogP contribution >= 0.6 is 12.6 Å². The van der Waals surface area contributed by atoms with Crippen LogP contribution in [0, 0.1) is 0 Å². The second-order valence-corrected chi connectivity index (χ2v) is 6.59. The number of aliphatic carboxylic acids is 1. The molecule has 0 saturated carbocycles. The number of amides is 2. The van der Waals surface area contributed by atoms with Crippen molar-refractivity contribution < 1.29 is 19.5 Å². The Morgan fingerprint density at radius 1 is 1.11 bits per heavy atom. The lowest BCUT2D eigenvalue weighted by Gasteiger charge is -2.22. The number of carboxylic acids is 1. The molecule has 2 amide bonds. The van der Waals surface area contributed by atoms with Gasteiger partial charge in [-0.1, -0.05) is 30.3 Å². The number of thiol groups is 1. The van der Waals surface area contributed by atoms with Crippen molar-refractivity contribution in [2.75, 3.05) is 5.75 Å². The van der Waals surface area contributed by atoms with E-state index < -0.39 is 35.9 Å². The molecule has 0 aliphatic carbocycles. The first-order valence-corrected chi connectivity index (χ1v) is 9.25. The number of nitrogens with zero attached hydrogens (tertiary/aromatic N) is 1. The van der Waals surface area contributed by atoms with Crippen molar-refractivity contribution in [1.82, 2.24) is 20.6 Å². The number of carboxylic acid groups (broad SMARTS) is 1. The molecule has 0 fully saturated rings. The van der Waals surface area contributed by atoms with Crippen LogP contribution < -0.4 is 16.4 Å². The van der Waals surface area contributed by atoms with Gasteiger partial charge in [0, 0.05) is 24.1 Å². The highest BCUT2D eigenvalue weighted by Gasteiger charge is 2.28. The van der Waals surface area contributed by atoms with E-state index in [9.17, 15) is 14.4 Å². The SMILES string of the molecule is N[C@@H](Cc1ccccc1)C(=O)N[C@@H](Cc1cnc[nH]1)C(=O)N[C@@H](CS)C(=O)O. The summed E-state index contributed by atoms with van der Waals surface area (Å²) in [6, 6.07) is 6.21. The summed E-state index contributed by atoms with van der Waals surface area (Å²) in [4.78, 5) is 42.9. The van der Waals surface area contributed by atoms with Crippen molar-refractivity contribution in [2.45, 2.75) is 31.0 Å². The van der Waals surface area contributed by atoms with Gasteiger partial charge in [-0.15, -0.1) is 0 Å². The molecule has 9 nitrogen and oxygen atoms in total. The van der Waals surface area contributed by atoms with Gasteiger partial charge in [0.1, 0.15) is 12.1 Å². The number of H-pyrrole nitrogens is 1. The number of hydrogen-bond acceptors (Lipinski definition) is 6. The van der Waals surface area contributed by atoms with Crippen molar-refractivity contribution in [2.24, 2.45) is 5.73 Å². The summed E-state index contributed by atoms with van der Waals surface area (Å²) in [5.74, 6) is -2.45. The van der Waals surface area contributed by atoms with Crippen LogP contribution in [-0.2, 0) is 27.2 Å². The lowest BCUT2D eigenvalue weighted by Crippen LogP contribution is -2.55. The highest BCUT2D eigenvalue weighted by atomic mass is 32.1. The Labute approximate surface area is 167 Å². The van der Waals surface area contributed by atoms with Gasteiger partial charge in [-0.05, 0) is 12.0 Å². The highest BCUT2D eigenvalue weighted by molar-refractivity contribution is 7.80. The summed E-state index contributed by atoms with van der Waals surface area (Å²) in [6.07, 6.45) is 3.37. The predicted octanol–water partition coefficient (Wildman–Crippen LogP) is -0.494. The van der Waals surface area contributed by atoms with Gasteiger partial charge in [0.2, 0.25) is 11.8 Å². The summed E-state index contributed by atoms with van der Waals surface area (Å²) in [5.41, 5.74) is 7.47. The number of nitrogens with one attached hydrogen (secondary N) is 3. The quantitative estimate of drug-likeness (QED) is 0.294. The fourth-order valence-corrected chi connectivity index (χ4v) is 2.77. The molecular formula is C18H23N5O4S. The van der Waals surface area contributed by atoms with E-state index in [4.69, 9.17) is 10.8 Å². The fraction of sp³-hybridized carbons (Fsp3) is 0.333. The minimum atomic E-state index is -1.21. The van der Waals surface area contributed by atoms with Crippen LogP contribution in [-0.4, -0.2) is 56.7 Å². The van der Waals surface area contributed by atoms with E-state index in [1.54, 1.807) is 0 Å². The topological polar surface area (TPSA) is 150 Å². The molecule has 28 heavy (non-hydrogen) atoms. The third-order valence-electron chi connectivity index (χ3n) is 4.04. The molecule has 0 spiro atoms. The number of benzene rings is 1. The van der Waals surface area contributed by atoms with E-state index in [2.05, 4.69) is 33.2 Å². The molecule has 10 heteroatoms. The molecule has 3 atom stereocenters. The molecule has 0 aliphatic rings. The zero-order valence-electron chi connectivity index (χ0n) is 15.0. The molecular weight excluding hydrogens is 382 g/mol. The minimum absolute atomic E-state index is 0.0840. The average molecular weight is 405 g/mol. The zero-order valence-corrected chi connectivity index (χ0v) is 15.9. The van der Waals surface area contributed by atoms with E-state index in [1.807, 2.05) is 30.3 Å². The number of aromatic nitrogens is 2. The molecule has 150 valence electrons. The van der Waals surface area contributed by atoms with E-state index >= 15 is 0 Å². The first kappa shape index (κ1) is 21.5. The molecule has 0 aliphatic heterocycles. The third kappa shape index (κ3) is 6.39. The number of imidazole rings is 1. The number of nitrogens with two attached hydrogens (primary N) is 1. The Bertz CT molecular complexity index is 785. The summed E-state index contributed by atoms with van der Waals surface area (Å²) < 4.78 is 0. The van der Waals surface area contributed by atoms with Crippen LogP contribution in [0.2, 0.25) is 0 Å². The predicted molar refractivity (Wildman–Crippen MR) is 106 cm³/mol. The van der Waals surface area contributed by atoms with Crippen LogP contribution in [0.4, 0.5) is 0 Å². The molecule has 1 aromatic heterocycles. The van der Waals surface area contributed by atoms with Crippen molar-refractivity contribution in [3.63, 3.8) is 0 Å². The van der Waals surface area contributed by atoms with Crippen molar-refractivity contribution in [3.8, 4) is 0 Å². The van der Waals surface area contributed by atoms with E-state index in [1.165, 1.54) is 12.5 Å². The molecule has 0 unspecified atom stereocenters. The van der Waals surface area contributed by atoms with Crippen LogP contribution in [0.3, 0.4) is 0 Å². The van der Waals surface area contributed by atoms with Crippen molar-refractivity contribution in [1.29, 1.82) is 0 Å². The van der Waals surface area contributed by atoms with Gasteiger partial charge in [-0.3, -0.25) is 9.59 Å². The molecule has 0 saturated heterocycles. The fourth-order valence-electron chi connectivity index (χ4n) is 2.52. The van der Waals surface area contributed by atoms with Gasteiger partial charge in [0.15, 0.2) is 0 Å². The molecule has 6 N–H and O–H groups in total. The number of carbonyl (C=O) groups excluding carboxylic acids is 2. The molecule has 2 aromatic rings. The normalized spacial score (nSPS) is 13.9. The van der Waals surface area contributed by atoms with E-state index in [-0.39, 0.29) is 12.2 Å². The second-order valence-electron chi connectivity index (χ2n) is 6.22. The highest BCUT2D eigenvalue weighted by Crippen LogP contribution is 2.04. The lowest BCUT2D eigenvalue weighted by molar-refractivity contribution is -0.141. The first-order chi connectivity index (χ1) is 13.4. The van der Waals surface area contributed by atoms with E-state index in [0.717, 1.165) is 5.56 Å². The van der Waals surface area contributed by atoms with Crippen LogP contribution in [0.15, 0.2) is 42.9 Å². The number of rotatable bonds is 10. The summed E-state index contributed by atoms with van der Waals surface area (Å²) in [6.45, 7) is 0. The van der Waals surface area contributed by atoms with Crippen LogP contribution in [0.25, 0.3) is 0 Å². The van der Waals surface area contributed by atoms with Crippen molar-refractivity contribution >= 4 is 30.4 Å². The number of aromatic amines is 1. The molecule has 1 aromatic carbocycles. The summed E-state index contributed by atoms with van der Waals surface area (Å²) in [7, 11) is 0. The largest absolute Gasteiger partial charge is 0.480 e. The standard InChI is InChI=1S/C18H23N5O4S/c19-13(6-11-4-2-1-3-5-11)16(24)22-14(7-12-8-20-10-21-12)17(25)23-15(9-28)18(26)27/h1-5,8,10,13-15,28H,6-7,9,19H2,(H,20,21)(H,22,24)(H,23,25)(H,26,27)/t13-,14-,15-/m0/s1. The lowest BCUT2D eigenvalue weighted by atomic mass is 10.0. The monoisotopic (exact) mass is 405 g/mol. The summed E-state index contributed by atoms with van der Waals surface area (Å²) in [5, 5.41) is 14.1. The van der Waals surface area contributed by atoms with Gasteiger partial charge >= 0.3 is 5.97 Å². The van der Waals surface area contributed by atoms with Gasteiger partial charge in [-0.2, -0.15) is 12.6 Å². The smallest absolute Gasteiger partial charge is 0.327 e. The number of hydrogen-bond donors (Lipinski definition) is 6. The van der Waals surface area contributed by atoms with Gasteiger partial charge in [-0.25, -0.2) is 9.78 Å². The maximum absolute atomic E-state index is 12.6. The Kier molecular flexibility index (Phi) is 8.02. The third-order valence-corrected chi connectivity index (χ3v) is 4.41. The minimum Gasteiger partial charge on any atom is -0.480 e. The average Bonchev–Trinajstić information content (AvgIpc) is 3.18. The zero-order chi connectivity index (χ0) is 20.5. The maximum Gasteiger partial charge on any atom is 0.327 e. The molecule has 2 rings (SSSR count). The Morgan fingerprint density at radius 3 is 2.36 bits per heavy atom. The Balaban J connectivity index is 2.06. The van der Waals surface area contributed by atoms with Gasteiger partial charge in [0.25, 0.3) is 0 Å². The van der Waals surface area contributed by atoms with Gasteiger partial charge < -0.3 is 26.5 Å². The Hall–Kier alpha value is -2.85. The molecule has 0 radical (unpaired) electrons.